The summed E-state index contributed by atoms with van der Waals surface area (Å²) < 4.78 is 0. The molecule has 0 bridgehead atoms. The van der Waals surface area contributed by atoms with Gasteiger partial charge in [-0.15, -0.1) is 10.2 Å². The first-order valence-electron chi connectivity index (χ1n) is 5.73. The van der Waals surface area contributed by atoms with E-state index in [1.54, 1.807) is 0 Å². The fraction of sp³-hybridized carbons (Fsp3) is 0. The molecule has 0 unspecified atom stereocenters. The number of nitrogens with zero attached hydrogens (tertiary/aromatic N) is 2. The van der Waals surface area contributed by atoms with E-state index in [1.165, 1.54) is 11.3 Å². The van der Waals surface area contributed by atoms with E-state index in [0.717, 1.165) is 21.4 Å². The first-order chi connectivity index (χ1) is 9.31. The van der Waals surface area contributed by atoms with Crippen LogP contribution < -0.4 is 5.32 Å². The molecule has 19 heavy (non-hydrogen) atoms. The summed E-state index contributed by atoms with van der Waals surface area (Å²) in [7, 11) is 0. The van der Waals surface area contributed by atoms with E-state index in [4.69, 9.17) is 11.6 Å². The maximum absolute atomic E-state index is 5.94. The minimum absolute atomic E-state index is 0.692. The van der Waals surface area contributed by atoms with Crippen LogP contribution in [0.15, 0.2) is 54.6 Å². The Morgan fingerprint density at radius 2 is 1.79 bits per heavy atom. The van der Waals surface area contributed by atoms with Crippen molar-refractivity contribution in [3.63, 3.8) is 0 Å². The van der Waals surface area contributed by atoms with E-state index in [2.05, 4.69) is 15.5 Å². The van der Waals surface area contributed by atoms with Gasteiger partial charge in [0.1, 0.15) is 5.01 Å². The van der Waals surface area contributed by atoms with Gasteiger partial charge in [-0.25, -0.2) is 0 Å². The number of benzene rings is 2. The molecule has 3 aromatic rings. The Hall–Kier alpha value is -1.91. The smallest absolute Gasteiger partial charge is 0.210 e. The highest BCUT2D eigenvalue weighted by Crippen LogP contribution is 2.28. The number of aromatic nitrogens is 2. The summed E-state index contributed by atoms with van der Waals surface area (Å²) in [6.45, 7) is 0. The molecule has 0 fully saturated rings. The molecule has 0 aliphatic rings. The summed E-state index contributed by atoms with van der Waals surface area (Å²) in [5.41, 5.74) is 1.97. The second-order valence-corrected chi connectivity index (χ2v) is 5.33. The van der Waals surface area contributed by atoms with Crippen LogP contribution in [0.5, 0.6) is 0 Å². The van der Waals surface area contributed by atoms with Crippen LogP contribution in [0.4, 0.5) is 10.8 Å². The van der Waals surface area contributed by atoms with Crippen molar-refractivity contribution in [2.45, 2.75) is 0 Å². The van der Waals surface area contributed by atoms with Gasteiger partial charge in [-0.1, -0.05) is 59.3 Å². The van der Waals surface area contributed by atoms with Gasteiger partial charge < -0.3 is 5.32 Å². The minimum Gasteiger partial charge on any atom is -0.330 e. The third-order valence-corrected chi connectivity index (χ3v) is 3.64. The SMILES string of the molecule is Clc1cccc(Nc2nnc(-c3ccccc3)s2)c1. The maximum Gasteiger partial charge on any atom is 0.210 e. The summed E-state index contributed by atoms with van der Waals surface area (Å²) in [4.78, 5) is 0. The zero-order chi connectivity index (χ0) is 13.1. The molecular weight excluding hydrogens is 278 g/mol. The van der Waals surface area contributed by atoms with Crippen molar-refractivity contribution in [3.05, 3.63) is 59.6 Å². The van der Waals surface area contributed by atoms with Gasteiger partial charge in [-0.2, -0.15) is 0 Å². The van der Waals surface area contributed by atoms with E-state index in [-0.39, 0.29) is 0 Å². The number of rotatable bonds is 3. The van der Waals surface area contributed by atoms with Crippen LogP contribution in [-0.4, -0.2) is 10.2 Å². The molecule has 94 valence electrons. The molecule has 3 nitrogen and oxygen atoms in total. The van der Waals surface area contributed by atoms with E-state index < -0.39 is 0 Å². The number of nitrogens with one attached hydrogen (secondary N) is 1. The highest BCUT2D eigenvalue weighted by atomic mass is 35.5. The fourth-order valence-electron chi connectivity index (χ4n) is 1.66. The van der Waals surface area contributed by atoms with Crippen molar-refractivity contribution in [3.8, 4) is 10.6 Å². The molecule has 1 heterocycles. The molecular formula is C14H10ClN3S. The molecule has 0 aliphatic heterocycles. The van der Waals surface area contributed by atoms with Crippen LogP contribution in [0.1, 0.15) is 0 Å². The molecule has 0 saturated carbocycles. The average molecular weight is 288 g/mol. The number of hydrogen-bond donors (Lipinski definition) is 1. The topological polar surface area (TPSA) is 37.8 Å². The monoisotopic (exact) mass is 287 g/mol. The third kappa shape index (κ3) is 2.92. The highest BCUT2D eigenvalue weighted by molar-refractivity contribution is 7.18. The van der Waals surface area contributed by atoms with Crippen LogP contribution in [0.3, 0.4) is 0 Å². The quantitative estimate of drug-likeness (QED) is 0.765. The van der Waals surface area contributed by atoms with E-state index in [9.17, 15) is 0 Å². The molecule has 0 aliphatic carbocycles. The molecule has 0 radical (unpaired) electrons. The van der Waals surface area contributed by atoms with E-state index >= 15 is 0 Å². The Morgan fingerprint density at radius 3 is 2.58 bits per heavy atom. The van der Waals surface area contributed by atoms with Crippen molar-refractivity contribution in [2.24, 2.45) is 0 Å². The third-order valence-electron chi connectivity index (χ3n) is 2.52. The van der Waals surface area contributed by atoms with Gasteiger partial charge in [-0.05, 0) is 18.2 Å². The maximum atomic E-state index is 5.94. The van der Waals surface area contributed by atoms with Crippen LogP contribution in [0, 0.1) is 0 Å². The second-order valence-electron chi connectivity index (χ2n) is 3.91. The molecule has 3 rings (SSSR count). The van der Waals surface area contributed by atoms with Crippen LogP contribution in [0.25, 0.3) is 10.6 Å². The lowest BCUT2D eigenvalue weighted by molar-refractivity contribution is 1.10. The summed E-state index contributed by atoms with van der Waals surface area (Å²) in [5, 5.41) is 13.8. The minimum atomic E-state index is 0.692. The Morgan fingerprint density at radius 1 is 0.947 bits per heavy atom. The Kier molecular flexibility index (Phi) is 3.44. The molecule has 0 atom stereocenters. The standard InChI is InChI=1S/C14H10ClN3S/c15-11-7-4-8-12(9-11)16-14-18-17-13(19-14)10-5-2-1-3-6-10/h1-9H,(H,16,18). The van der Waals surface area contributed by atoms with Gasteiger partial charge in [0.2, 0.25) is 5.13 Å². The summed E-state index contributed by atoms with van der Waals surface area (Å²) in [6, 6.07) is 17.5. The molecule has 0 saturated heterocycles. The predicted octanol–water partition coefficient (Wildman–Crippen LogP) is 4.60. The molecule has 5 heteroatoms. The lowest BCUT2D eigenvalue weighted by Gasteiger charge is -2.01. The molecule has 1 aromatic heterocycles. The van der Waals surface area contributed by atoms with Gasteiger partial charge in [-0.3, -0.25) is 0 Å². The van der Waals surface area contributed by atoms with Crippen LogP contribution in [-0.2, 0) is 0 Å². The first kappa shape index (κ1) is 12.1. The summed E-state index contributed by atoms with van der Waals surface area (Å²) >= 11 is 7.45. The predicted molar refractivity (Wildman–Crippen MR) is 80.1 cm³/mol. The van der Waals surface area contributed by atoms with E-state index in [0.29, 0.717) is 5.02 Å². The fourth-order valence-corrected chi connectivity index (χ4v) is 2.62. The lowest BCUT2D eigenvalue weighted by atomic mass is 10.2. The average Bonchev–Trinajstić information content (AvgIpc) is 2.88. The van der Waals surface area contributed by atoms with Crippen molar-refractivity contribution < 1.29 is 0 Å². The highest BCUT2D eigenvalue weighted by Gasteiger charge is 2.06. The summed E-state index contributed by atoms with van der Waals surface area (Å²) in [6.07, 6.45) is 0. The number of hydrogen-bond acceptors (Lipinski definition) is 4. The molecule has 0 spiro atoms. The molecule has 2 aromatic carbocycles. The van der Waals surface area contributed by atoms with Crippen LogP contribution in [0.2, 0.25) is 5.02 Å². The Balaban J connectivity index is 1.82. The van der Waals surface area contributed by atoms with Crippen molar-refractivity contribution in [1.29, 1.82) is 0 Å². The van der Waals surface area contributed by atoms with E-state index in [1.807, 2.05) is 54.6 Å². The van der Waals surface area contributed by atoms with Crippen molar-refractivity contribution in [2.75, 3.05) is 5.32 Å². The normalized spacial score (nSPS) is 10.4. The van der Waals surface area contributed by atoms with Crippen LogP contribution >= 0.6 is 22.9 Å². The Labute approximate surface area is 119 Å². The van der Waals surface area contributed by atoms with Crippen molar-refractivity contribution >= 4 is 33.8 Å². The first-order valence-corrected chi connectivity index (χ1v) is 6.92. The molecule has 0 amide bonds. The van der Waals surface area contributed by atoms with Gasteiger partial charge in [0.05, 0.1) is 0 Å². The number of anilines is 2. The van der Waals surface area contributed by atoms with Gasteiger partial charge >= 0.3 is 0 Å². The lowest BCUT2D eigenvalue weighted by Crippen LogP contribution is -1.88. The van der Waals surface area contributed by atoms with Crippen molar-refractivity contribution in [1.82, 2.24) is 10.2 Å². The zero-order valence-electron chi connectivity index (χ0n) is 9.88. The second kappa shape index (κ2) is 5.38. The largest absolute Gasteiger partial charge is 0.330 e. The van der Waals surface area contributed by atoms with Gasteiger partial charge in [0.25, 0.3) is 0 Å². The Bertz CT molecular complexity index is 682. The zero-order valence-corrected chi connectivity index (χ0v) is 11.4. The van der Waals surface area contributed by atoms with Gasteiger partial charge in [0, 0.05) is 16.3 Å². The molecule has 1 N–H and O–H groups in total. The number of halogens is 1. The van der Waals surface area contributed by atoms with Gasteiger partial charge in [0.15, 0.2) is 0 Å². The summed E-state index contributed by atoms with van der Waals surface area (Å²) in [5.74, 6) is 0.